The zero-order valence-corrected chi connectivity index (χ0v) is 16.0. The molecule has 1 aromatic heterocycles. The molecule has 2 saturated heterocycles. The number of fused-ring (bicyclic) bond motifs is 1. The Hall–Kier alpha value is -2.50. The number of piperidine rings is 1. The van der Waals surface area contributed by atoms with E-state index in [9.17, 15) is 9.59 Å². The van der Waals surface area contributed by atoms with Crippen molar-refractivity contribution in [2.24, 2.45) is 0 Å². The van der Waals surface area contributed by atoms with Crippen molar-refractivity contribution in [2.45, 2.75) is 45.2 Å². The monoisotopic (exact) mass is 368 g/mol. The van der Waals surface area contributed by atoms with Gasteiger partial charge in [0.2, 0.25) is 0 Å². The zero-order chi connectivity index (χ0) is 18.8. The Morgan fingerprint density at radius 1 is 1.04 bits per heavy atom. The van der Waals surface area contributed by atoms with Gasteiger partial charge in [-0.15, -0.1) is 0 Å². The molecule has 1 N–H and O–H groups in total. The van der Waals surface area contributed by atoms with Crippen molar-refractivity contribution in [2.75, 3.05) is 26.2 Å². The Kier molecular flexibility index (Phi) is 5.05. The van der Waals surface area contributed by atoms with Gasteiger partial charge in [0.15, 0.2) is 0 Å². The van der Waals surface area contributed by atoms with Crippen LogP contribution in [0.3, 0.4) is 0 Å². The number of rotatable bonds is 3. The van der Waals surface area contributed by atoms with Crippen molar-refractivity contribution in [3.05, 3.63) is 36.0 Å². The molecule has 0 saturated carbocycles. The lowest BCUT2D eigenvalue weighted by molar-refractivity contribution is 0.0913. The lowest BCUT2D eigenvalue weighted by Crippen LogP contribution is -2.50. The Morgan fingerprint density at radius 3 is 2.44 bits per heavy atom. The van der Waals surface area contributed by atoms with Gasteiger partial charge in [0, 0.05) is 61.4 Å². The summed E-state index contributed by atoms with van der Waals surface area (Å²) in [5, 5.41) is 4.25. The number of aromatic nitrogens is 1. The fourth-order valence-corrected chi connectivity index (χ4v) is 4.21. The zero-order valence-electron chi connectivity index (χ0n) is 16.0. The summed E-state index contributed by atoms with van der Waals surface area (Å²) >= 11 is 0. The molecule has 0 aliphatic carbocycles. The van der Waals surface area contributed by atoms with Crippen molar-refractivity contribution in [1.82, 2.24) is 19.7 Å². The van der Waals surface area contributed by atoms with Crippen LogP contribution in [-0.4, -0.2) is 58.5 Å². The molecule has 2 aliphatic heterocycles. The highest BCUT2D eigenvalue weighted by atomic mass is 16.2. The maximum absolute atomic E-state index is 12.7. The molecule has 0 bridgehead atoms. The summed E-state index contributed by atoms with van der Waals surface area (Å²) in [7, 11) is 0. The fourth-order valence-electron chi connectivity index (χ4n) is 4.21. The molecule has 3 amide bonds. The lowest BCUT2D eigenvalue weighted by Gasteiger charge is -2.34. The van der Waals surface area contributed by atoms with Gasteiger partial charge in [-0.2, -0.15) is 0 Å². The van der Waals surface area contributed by atoms with E-state index in [4.69, 9.17) is 0 Å². The van der Waals surface area contributed by atoms with Gasteiger partial charge in [0.05, 0.1) is 0 Å². The average molecular weight is 368 g/mol. The van der Waals surface area contributed by atoms with E-state index >= 15 is 0 Å². The number of nitrogens with one attached hydrogen (secondary N) is 1. The van der Waals surface area contributed by atoms with Gasteiger partial charge < -0.3 is 19.7 Å². The predicted molar refractivity (Wildman–Crippen MR) is 106 cm³/mol. The number of amides is 3. The van der Waals surface area contributed by atoms with Crippen LogP contribution in [-0.2, 0) is 6.54 Å². The maximum Gasteiger partial charge on any atom is 0.319 e. The van der Waals surface area contributed by atoms with Crippen LogP contribution >= 0.6 is 0 Å². The molecule has 4 rings (SSSR count). The minimum Gasteiger partial charge on any atom is -0.349 e. The molecule has 0 radical (unpaired) electrons. The van der Waals surface area contributed by atoms with Crippen LogP contribution in [0, 0.1) is 0 Å². The Balaban J connectivity index is 1.33. The summed E-state index contributed by atoms with van der Waals surface area (Å²) in [6, 6.07) is 8.24. The maximum atomic E-state index is 12.7. The van der Waals surface area contributed by atoms with Crippen molar-refractivity contribution < 1.29 is 9.59 Å². The first kappa shape index (κ1) is 17.9. The third-order valence-corrected chi connectivity index (χ3v) is 5.85. The van der Waals surface area contributed by atoms with Gasteiger partial charge in [0.25, 0.3) is 5.91 Å². The smallest absolute Gasteiger partial charge is 0.319 e. The van der Waals surface area contributed by atoms with Crippen LogP contribution in [0.25, 0.3) is 10.9 Å². The summed E-state index contributed by atoms with van der Waals surface area (Å²) in [5.41, 5.74) is 1.86. The van der Waals surface area contributed by atoms with Gasteiger partial charge in [0.1, 0.15) is 0 Å². The predicted octanol–water partition coefficient (Wildman–Crippen LogP) is 3.07. The fraction of sp³-hybridized carbons (Fsp3) is 0.524. The summed E-state index contributed by atoms with van der Waals surface area (Å²) in [5.74, 6) is -0.0227. The van der Waals surface area contributed by atoms with Crippen molar-refractivity contribution >= 4 is 22.8 Å². The van der Waals surface area contributed by atoms with E-state index in [1.165, 1.54) is 0 Å². The molecule has 2 aliphatic rings. The largest absolute Gasteiger partial charge is 0.349 e. The standard InChI is InChI=1S/C21H28N4O2/c1-2-23-12-7-16-15-17(5-6-19(16)23)20(26)22-18-8-13-25(14-9-18)21(27)24-10-3-4-11-24/h5-7,12,15,18H,2-4,8-11,13-14H2,1H3,(H,22,26). The summed E-state index contributed by atoms with van der Waals surface area (Å²) in [4.78, 5) is 29.0. The number of carbonyl (C=O) groups is 2. The second-order valence-electron chi connectivity index (χ2n) is 7.59. The minimum atomic E-state index is -0.0227. The topological polar surface area (TPSA) is 57.6 Å². The van der Waals surface area contributed by atoms with Crippen LogP contribution < -0.4 is 5.32 Å². The quantitative estimate of drug-likeness (QED) is 0.905. The second kappa shape index (κ2) is 7.62. The molecule has 0 unspecified atom stereocenters. The number of urea groups is 1. The number of aryl methyl sites for hydroxylation is 1. The van der Waals surface area contributed by atoms with E-state index in [0.717, 1.165) is 69.3 Å². The highest BCUT2D eigenvalue weighted by Gasteiger charge is 2.28. The molecule has 2 fully saturated rings. The molecule has 1 aromatic carbocycles. The number of benzene rings is 1. The number of hydrogen-bond donors (Lipinski definition) is 1. The molecule has 27 heavy (non-hydrogen) atoms. The SMILES string of the molecule is CCn1ccc2cc(C(=O)NC3CCN(C(=O)N4CCCC4)CC3)ccc21. The minimum absolute atomic E-state index is 0.0227. The van der Waals surface area contributed by atoms with Gasteiger partial charge in [-0.1, -0.05) is 0 Å². The Bertz CT molecular complexity index is 830. The number of nitrogens with zero attached hydrogens (tertiary/aromatic N) is 3. The van der Waals surface area contributed by atoms with Gasteiger partial charge >= 0.3 is 6.03 Å². The van der Waals surface area contributed by atoms with Crippen LogP contribution in [0.1, 0.15) is 43.0 Å². The molecule has 0 atom stereocenters. The molecular formula is C21H28N4O2. The number of hydrogen-bond acceptors (Lipinski definition) is 2. The third kappa shape index (κ3) is 3.66. The molecule has 3 heterocycles. The first-order valence-electron chi connectivity index (χ1n) is 10.1. The first-order valence-corrected chi connectivity index (χ1v) is 10.1. The van der Waals surface area contributed by atoms with E-state index in [1.807, 2.05) is 28.0 Å². The van der Waals surface area contributed by atoms with Gasteiger partial charge in [-0.25, -0.2) is 4.79 Å². The number of carbonyl (C=O) groups excluding carboxylic acids is 2. The first-order chi connectivity index (χ1) is 13.2. The van der Waals surface area contributed by atoms with Crippen LogP contribution in [0.5, 0.6) is 0 Å². The van der Waals surface area contributed by atoms with E-state index in [0.29, 0.717) is 5.56 Å². The molecule has 144 valence electrons. The van der Waals surface area contributed by atoms with Crippen LogP contribution in [0.2, 0.25) is 0 Å². The van der Waals surface area contributed by atoms with E-state index in [-0.39, 0.29) is 18.0 Å². The van der Waals surface area contributed by atoms with Crippen molar-refractivity contribution in [1.29, 1.82) is 0 Å². The molecule has 2 aromatic rings. The van der Waals surface area contributed by atoms with E-state index in [2.05, 4.69) is 29.1 Å². The second-order valence-corrected chi connectivity index (χ2v) is 7.59. The molecule has 6 nitrogen and oxygen atoms in total. The summed E-state index contributed by atoms with van der Waals surface area (Å²) in [6.45, 7) is 6.25. The van der Waals surface area contributed by atoms with Crippen molar-refractivity contribution in [3.8, 4) is 0 Å². The molecule has 6 heteroatoms. The normalized spacial score (nSPS) is 18.3. The number of likely N-dealkylation sites (tertiary alicyclic amines) is 2. The van der Waals surface area contributed by atoms with E-state index < -0.39 is 0 Å². The van der Waals surface area contributed by atoms with Gasteiger partial charge in [-0.05, 0) is 56.9 Å². The van der Waals surface area contributed by atoms with Crippen molar-refractivity contribution in [3.63, 3.8) is 0 Å². The summed E-state index contributed by atoms with van der Waals surface area (Å²) < 4.78 is 2.17. The van der Waals surface area contributed by atoms with E-state index in [1.54, 1.807) is 0 Å². The average Bonchev–Trinajstić information content (AvgIpc) is 3.37. The summed E-state index contributed by atoms with van der Waals surface area (Å²) in [6.07, 6.45) is 5.92. The molecular weight excluding hydrogens is 340 g/mol. The highest BCUT2D eigenvalue weighted by molar-refractivity contribution is 5.98. The van der Waals surface area contributed by atoms with Crippen LogP contribution in [0.4, 0.5) is 4.79 Å². The third-order valence-electron chi connectivity index (χ3n) is 5.85. The molecule has 0 spiro atoms. The lowest BCUT2D eigenvalue weighted by atomic mass is 10.0. The Morgan fingerprint density at radius 2 is 1.74 bits per heavy atom. The van der Waals surface area contributed by atoms with Crippen LogP contribution in [0.15, 0.2) is 30.5 Å². The highest BCUT2D eigenvalue weighted by Crippen LogP contribution is 2.19. The Labute approximate surface area is 160 Å². The van der Waals surface area contributed by atoms with Gasteiger partial charge in [-0.3, -0.25) is 4.79 Å².